The lowest BCUT2D eigenvalue weighted by Crippen LogP contribution is -2.44. The van der Waals surface area contributed by atoms with Gasteiger partial charge in [0, 0.05) is 19.0 Å². The van der Waals surface area contributed by atoms with Crippen molar-refractivity contribution in [3.05, 3.63) is 89.5 Å². The number of piperidine rings is 1. The topological polar surface area (TPSA) is 70.6 Å². The number of amides is 1. The summed E-state index contributed by atoms with van der Waals surface area (Å²) in [6, 6.07) is 23.1. The summed E-state index contributed by atoms with van der Waals surface area (Å²) in [5, 5.41) is 0.687. The van der Waals surface area contributed by atoms with Crippen molar-refractivity contribution < 1.29 is 13.2 Å². The number of sulfonamides is 1. The summed E-state index contributed by atoms with van der Waals surface area (Å²) < 4.78 is 28.9. The molecule has 1 saturated heterocycles. The second kappa shape index (κ2) is 10.7. The highest BCUT2D eigenvalue weighted by atomic mass is 32.2. The molecule has 1 aliphatic heterocycles. The molecule has 0 bridgehead atoms. The molecule has 0 unspecified atom stereocenters. The van der Waals surface area contributed by atoms with Gasteiger partial charge in [-0.2, -0.15) is 4.31 Å². The van der Waals surface area contributed by atoms with Gasteiger partial charge in [-0.1, -0.05) is 72.4 Å². The van der Waals surface area contributed by atoms with E-state index in [0.29, 0.717) is 42.5 Å². The van der Waals surface area contributed by atoms with Crippen LogP contribution in [0.15, 0.2) is 77.7 Å². The molecular weight excluding hydrogens is 502 g/mol. The van der Waals surface area contributed by atoms with E-state index in [0.717, 1.165) is 27.8 Å². The summed E-state index contributed by atoms with van der Waals surface area (Å²) in [5.41, 5.74) is 4.18. The van der Waals surface area contributed by atoms with Gasteiger partial charge < -0.3 is 0 Å². The van der Waals surface area contributed by atoms with Crippen LogP contribution in [0.2, 0.25) is 0 Å². The summed E-state index contributed by atoms with van der Waals surface area (Å²) in [6.45, 7) is 5.14. The maximum atomic E-state index is 13.9. The highest BCUT2D eigenvalue weighted by Crippen LogP contribution is 2.33. The molecule has 2 heterocycles. The summed E-state index contributed by atoms with van der Waals surface area (Å²) in [6.07, 6.45) is 1.92. The normalized spacial score (nSPS) is 15.2. The Hall–Kier alpha value is -3.07. The van der Waals surface area contributed by atoms with Crippen LogP contribution in [0.4, 0.5) is 5.13 Å². The molecule has 0 atom stereocenters. The predicted octanol–water partition coefficient (Wildman–Crippen LogP) is 5.80. The van der Waals surface area contributed by atoms with Crippen LogP contribution in [0.1, 0.15) is 36.5 Å². The Labute approximate surface area is 222 Å². The molecule has 1 aliphatic rings. The van der Waals surface area contributed by atoms with E-state index in [1.165, 1.54) is 21.2 Å². The molecule has 0 aliphatic carbocycles. The number of anilines is 1. The molecule has 4 aromatic rings. The van der Waals surface area contributed by atoms with Crippen LogP contribution >= 0.6 is 11.3 Å². The summed E-state index contributed by atoms with van der Waals surface area (Å²) in [5.74, 6) is -0.252. The van der Waals surface area contributed by atoms with E-state index in [4.69, 9.17) is 4.98 Å². The van der Waals surface area contributed by atoms with Gasteiger partial charge in [0.25, 0.3) is 0 Å². The van der Waals surface area contributed by atoms with E-state index in [-0.39, 0.29) is 11.8 Å². The molecule has 0 spiro atoms. The Kier molecular flexibility index (Phi) is 7.42. The monoisotopic (exact) mass is 533 g/mol. The number of nitrogens with zero attached hydrogens (tertiary/aromatic N) is 3. The van der Waals surface area contributed by atoms with Crippen molar-refractivity contribution in [2.24, 2.45) is 5.92 Å². The SMILES string of the molecule is CCc1ccc2nc(N(Cc3ccccc3)C(=O)C3CCN(S(=O)(=O)c4ccc(C)cc4)CC3)sc2c1. The van der Waals surface area contributed by atoms with Crippen molar-refractivity contribution in [2.75, 3.05) is 18.0 Å². The van der Waals surface area contributed by atoms with Crippen LogP contribution in [-0.2, 0) is 27.8 Å². The molecule has 0 saturated carbocycles. The maximum Gasteiger partial charge on any atom is 0.243 e. The van der Waals surface area contributed by atoms with Crippen LogP contribution in [-0.4, -0.2) is 36.7 Å². The summed E-state index contributed by atoms with van der Waals surface area (Å²) in [7, 11) is -3.57. The van der Waals surface area contributed by atoms with E-state index in [1.54, 1.807) is 17.0 Å². The third-order valence-electron chi connectivity index (χ3n) is 6.99. The smallest absolute Gasteiger partial charge is 0.243 e. The van der Waals surface area contributed by atoms with E-state index in [2.05, 4.69) is 19.1 Å². The minimum absolute atomic E-state index is 0.00556. The molecule has 1 fully saturated rings. The number of aromatic nitrogens is 1. The Bertz CT molecular complexity index is 1490. The fourth-order valence-corrected chi connectivity index (χ4v) is 7.22. The molecule has 1 aromatic heterocycles. The van der Waals surface area contributed by atoms with E-state index >= 15 is 0 Å². The number of carbonyl (C=O) groups is 1. The van der Waals surface area contributed by atoms with Crippen LogP contribution in [0, 0.1) is 12.8 Å². The van der Waals surface area contributed by atoms with Gasteiger partial charge in [-0.25, -0.2) is 13.4 Å². The van der Waals surface area contributed by atoms with Crippen molar-refractivity contribution >= 4 is 42.6 Å². The van der Waals surface area contributed by atoms with Crippen LogP contribution in [0.25, 0.3) is 10.2 Å². The third kappa shape index (κ3) is 5.46. The van der Waals surface area contributed by atoms with Crippen molar-refractivity contribution in [3.8, 4) is 0 Å². The number of aryl methyl sites for hydroxylation is 2. The first kappa shape index (κ1) is 25.6. The van der Waals surface area contributed by atoms with Gasteiger partial charge in [-0.05, 0) is 61.6 Å². The zero-order valence-corrected chi connectivity index (χ0v) is 22.8. The Morgan fingerprint density at radius 3 is 2.38 bits per heavy atom. The predicted molar refractivity (Wildman–Crippen MR) is 149 cm³/mol. The molecule has 3 aromatic carbocycles. The van der Waals surface area contributed by atoms with Crippen molar-refractivity contribution in [2.45, 2.75) is 44.6 Å². The van der Waals surface area contributed by atoms with Crippen molar-refractivity contribution in [3.63, 3.8) is 0 Å². The summed E-state index contributed by atoms with van der Waals surface area (Å²) in [4.78, 5) is 20.8. The van der Waals surface area contributed by atoms with Gasteiger partial charge in [0.2, 0.25) is 15.9 Å². The second-order valence-corrected chi connectivity index (χ2v) is 12.5. The number of benzene rings is 3. The van der Waals surface area contributed by atoms with Gasteiger partial charge in [-0.3, -0.25) is 9.69 Å². The number of thiazole rings is 1. The first-order chi connectivity index (χ1) is 17.8. The molecule has 8 heteroatoms. The highest BCUT2D eigenvalue weighted by Gasteiger charge is 2.35. The zero-order valence-electron chi connectivity index (χ0n) is 21.1. The van der Waals surface area contributed by atoms with Gasteiger partial charge >= 0.3 is 0 Å². The number of hydrogen-bond donors (Lipinski definition) is 0. The minimum atomic E-state index is -3.57. The molecule has 192 valence electrons. The van der Waals surface area contributed by atoms with Gasteiger partial charge in [-0.15, -0.1) is 0 Å². The quantitative estimate of drug-likeness (QED) is 0.301. The average Bonchev–Trinajstić information content (AvgIpc) is 3.35. The first-order valence-corrected chi connectivity index (χ1v) is 14.9. The standard InChI is InChI=1S/C29H31N3O3S2/c1-3-22-11-14-26-27(19-22)36-29(30-26)32(20-23-7-5-4-6-8-23)28(33)24-15-17-31(18-16-24)37(34,35)25-12-9-21(2)10-13-25/h4-14,19,24H,3,15-18,20H2,1-2H3. The van der Waals surface area contributed by atoms with E-state index in [9.17, 15) is 13.2 Å². The molecule has 0 N–H and O–H groups in total. The minimum Gasteiger partial charge on any atom is -0.283 e. The van der Waals surface area contributed by atoms with Crippen LogP contribution in [0.3, 0.4) is 0 Å². The lowest BCUT2D eigenvalue weighted by atomic mass is 9.96. The molecule has 37 heavy (non-hydrogen) atoms. The second-order valence-electron chi connectivity index (χ2n) is 9.55. The van der Waals surface area contributed by atoms with E-state index < -0.39 is 10.0 Å². The largest absolute Gasteiger partial charge is 0.283 e. The third-order valence-corrected chi connectivity index (χ3v) is 9.95. The van der Waals surface area contributed by atoms with Gasteiger partial charge in [0.05, 0.1) is 21.7 Å². The first-order valence-electron chi connectivity index (χ1n) is 12.7. The average molecular weight is 534 g/mol. The Morgan fingerprint density at radius 2 is 1.70 bits per heavy atom. The van der Waals surface area contributed by atoms with Crippen molar-refractivity contribution in [1.82, 2.24) is 9.29 Å². The molecule has 1 amide bonds. The van der Waals surface area contributed by atoms with Gasteiger partial charge in [0.15, 0.2) is 5.13 Å². The zero-order chi connectivity index (χ0) is 26.0. The maximum absolute atomic E-state index is 13.9. The molecule has 5 rings (SSSR count). The lowest BCUT2D eigenvalue weighted by Gasteiger charge is -2.33. The Morgan fingerprint density at radius 1 is 1.00 bits per heavy atom. The number of fused-ring (bicyclic) bond motifs is 1. The van der Waals surface area contributed by atoms with Gasteiger partial charge in [0.1, 0.15) is 0 Å². The van der Waals surface area contributed by atoms with E-state index in [1.807, 2.05) is 55.5 Å². The highest BCUT2D eigenvalue weighted by molar-refractivity contribution is 7.89. The number of rotatable bonds is 7. The summed E-state index contributed by atoms with van der Waals surface area (Å²) >= 11 is 1.54. The number of hydrogen-bond acceptors (Lipinski definition) is 5. The fourth-order valence-electron chi connectivity index (χ4n) is 4.72. The van der Waals surface area contributed by atoms with Crippen LogP contribution < -0.4 is 4.90 Å². The fraction of sp³-hybridized carbons (Fsp3) is 0.310. The number of carbonyl (C=O) groups excluding carboxylic acids is 1. The molecule has 0 radical (unpaired) electrons. The van der Waals surface area contributed by atoms with Crippen molar-refractivity contribution in [1.29, 1.82) is 0 Å². The molecule has 6 nitrogen and oxygen atoms in total. The molecular formula is C29H31N3O3S2. The Balaban J connectivity index is 1.37. The van der Waals surface area contributed by atoms with Crippen LogP contribution in [0.5, 0.6) is 0 Å². The lowest BCUT2D eigenvalue weighted by molar-refractivity contribution is -0.123.